The summed E-state index contributed by atoms with van der Waals surface area (Å²) >= 11 is 0. The van der Waals surface area contributed by atoms with Gasteiger partial charge in [0.2, 0.25) is 0 Å². The van der Waals surface area contributed by atoms with Gasteiger partial charge >= 0.3 is 0 Å². The Hall–Kier alpha value is -0.340. The molecule has 2 heteroatoms. The van der Waals surface area contributed by atoms with E-state index < -0.39 is 0 Å². The summed E-state index contributed by atoms with van der Waals surface area (Å²) in [6.45, 7) is 2.68. The van der Waals surface area contributed by atoms with Crippen molar-refractivity contribution in [2.24, 2.45) is 5.73 Å². The predicted molar refractivity (Wildman–Crippen MR) is 99.1 cm³/mol. The topological polar surface area (TPSA) is 46.2 Å². The third-order valence-electron chi connectivity index (χ3n) is 4.32. The summed E-state index contributed by atoms with van der Waals surface area (Å²) in [6.07, 6.45) is 23.9. The van der Waals surface area contributed by atoms with Crippen LogP contribution >= 0.6 is 0 Å². The summed E-state index contributed by atoms with van der Waals surface area (Å²) in [5.41, 5.74) is 5.38. The highest BCUT2D eigenvalue weighted by Gasteiger charge is 1.99. The Kier molecular flexibility index (Phi) is 18.4. The van der Waals surface area contributed by atoms with Gasteiger partial charge in [-0.1, -0.05) is 83.3 Å². The van der Waals surface area contributed by atoms with E-state index in [9.17, 15) is 5.11 Å². The Morgan fingerprint density at radius 3 is 1.68 bits per heavy atom. The summed E-state index contributed by atoms with van der Waals surface area (Å²) in [4.78, 5) is 0. The van der Waals surface area contributed by atoms with Gasteiger partial charge in [-0.05, 0) is 32.1 Å². The molecule has 2 nitrogen and oxygen atoms in total. The van der Waals surface area contributed by atoms with Gasteiger partial charge < -0.3 is 10.8 Å². The zero-order chi connectivity index (χ0) is 16.3. The molecular weight excluding hydrogens is 270 g/mol. The monoisotopic (exact) mass is 311 g/mol. The number of unbranched alkanes of at least 4 members (excludes halogenated alkanes) is 12. The van der Waals surface area contributed by atoms with Crippen LogP contribution in [-0.2, 0) is 0 Å². The van der Waals surface area contributed by atoms with Crippen molar-refractivity contribution >= 4 is 0 Å². The quantitative estimate of drug-likeness (QED) is 0.266. The van der Waals surface area contributed by atoms with Crippen molar-refractivity contribution in [1.29, 1.82) is 0 Å². The number of aliphatic hydroxyl groups excluding tert-OH is 1. The van der Waals surface area contributed by atoms with Gasteiger partial charge in [0.05, 0.1) is 6.10 Å². The lowest BCUT2D eigenvalue weighted by molar-refractivity contribution is 0.168. The molecule has 0 aliphatic heterocycles. The summed E-state index contributed by atoms with van der Waals surface area (Å²) < 4.78 is 0. The Morgan fingerprint density at radius 1 is 0.727 bits per heavy atom. The molecule has 0 aliphatic rings. The summed E-state index contributed by atoms with van der Waals surface area (Å²) in [5.74, 6) is 0. The number of hydrogen-bond acceptors (Lipinski definition) is 2. The summed E-state index contributed by atoms with van der Waals surface area (Å²) in [5, 5.41) is 9.34. The fourth-order valence-corrected chi connectivity index (χ4v) is 2.75. The van der Waals surface area contributed by atoms with E-state index in [0.29, 0.717) is 6.54 Å². The fourth-order valence-electron chi connectivity index (χ4n) is 2.75. The van der Waals surface area contributed by atoms with Crippen molar-refractivity contribution < 1.29 is 5.11 Å². The van der Waals surface area contributed by atoms with Crippen LogP contribution in [0.3, 0.4) is 0 Å². The molecule has 0 aliphatic carbocycles. The molecule has 0 amide bonds. The normalized spacial score (nSPS) is 13.0. The molecular formula is C20H41NO. The fraction of sp³-hybridized carbons (Fsp3) is 0.900. The van der Waals surface area contributed by atoms with Crippen molar-refractivity contribution in [1.82, 2.24) is 0 Å². The molecule has 0 saturated carbocycles. The SMILES string of the molecule is CCCCCCCCC=CCCCCCCCCC(O)CN. The van der Waals surface area contributed by atoms with Gasteiger partial charge in [0.25, 0.3) is 0 Å². The molecule has 0 aromatic carbocycles. The minimum absolute atomic E-state index is 0.281. The van der Waals surface area contributed by atoms with E-state index in [1.807, 2.05) is 0 Å². The van der Waals surface area contributed by atoms with E-state index in [2.05, 4.69) is 19.1 Å². The molecule has 1 atom stereocenters. The van der Waals surface area contributed by atoms with E-state index in [1.54, 1.807) is 0 Å². The van der Waals surface area contributed by atoms with Crippen LogP contribution < -0.4 is 5.73 Å². The third-order valence-corrected chi connectivity index (χ3v) is 4.32. The molecule has 0 spiro atoms. The maximum atomic E-state index is 9.34. The Balaban J connectivity index is 3.08. The molecule has 0 aromatic rings. The molecule has 0 fully saturated rings. The van der Waals surface area contributed by atoms with Crippen LogP contribution in [0.4, 0.5) is 0 Å². The van der Waals surface area contributed by atoms with Crippen molar-refractivity contribution in [3.05, 3.63) is 12.2 Å². The van der Waals surface area contributed by atoms with Crippen LogP contribution in [0.1, 0.15) is 103 Å². The second-order valence-electron chi connectivity index (χ2n) is 6.62. The molecule has 132 valence electrons. The third kappa shape index (κ3) is 17.7. The van der Waals surface area contributed by atoms with Crippen LogP contribution in [-0.4, -0.2) is 17.8 Å². The van der Waals surface area contributed by atoms with E-state index in [4.69, 9.17) is 5.73 Å². The predicted octanol–water partition coefficient (Wildman–Crippen LogP) is 5.73. The molecule has 0 saturated heterocycles. The van der Waals surface area contributed by atoms with E-state index in [-0.39, 0.29) is 6.10 Å². The number of hydrogen-bond donors (Lipinski definition) is 2. The smallest absolute Gasteiger partial charge is 0.0662 e. The second kappa shape index (κ2) is 18.7. The first-order valence-electron chi connectivity index (χ1n) is 9.84. The zero-order valence-corrected chi connectivity index (χ0v) is 15.1. The van der Waals surface area contributed by atoms with Crippen molar-refractivity contribution in [2.45, 2.75) is 109 Å². The Bertz CT molecular complexity index is 228. The lowest BCUT2D eigenvalue weighted by Crippen LogP contribution is -2.19. The highest BCUT2D eigenvalue weighted by molar-refractivity contribution is 4.81. The minimum atomic E-state index is -0.281. The molecule has 22 heavy (non-hydrogen) atoms. The zero-order valence-electron chi connectivity index (χ0n) is 15.1. The highest BCUT2D eigenvalue weighted by Crippen LogP contribution is 2.11. The van der Waals surface area contributed by atoms with Gasteiger partial charge in [0, 0.05) is 6.54 Å². The molecule has 1 unspecified atom stereocenters. The lowest BCUT2D eigenvalue weighted by atomic mass is 10.1. The standard InChI is InChI=1S/C20H41NO/c1-2-3-4-5-6-7-8-9-10-11-12-13-14-15-16-17-18-20(22)19-21/h9-10,20,22H,2-8,11-19,21H2,1H3. The summed E-state index contributed by atoms with van der Waals surface area (Å²) in [6, 6.07) is 0. The first kappa shape index (κ1) is 21.7. The number of rotatable bonds is 17. The largest absolute Gasteiger partial charge is 0.392 e. The van der Waals surface area contributed by atoms with Gasteiger partial charge in [0.1, 0.15) is 0 Å². The highest BCUT2D eigenvalue weighted by atomic mass is 16.3. The van der Waals surface area contributed by atoms with Gasteiger partial charge in [-0.15, -0.1) is 0 Å². The Morgan fingerprint density at radius 2 is 1.18 bits per heavy atom. The first-order chi connectivity index (χ1) is 10.8. The van der Waals surface area contributed by atoms with Crippen molar-refractivity contribution in [3.8, 4) is 0 Å². The number of allylic oxidation sites excluding steroid dienone is 2. The maximum Gasteiger partial charge on any atom is 0.0662 e. The first-order valence-corrected chi connectivity index (χ1v) is 9.84. The van der Waals surface area contributed by atoms with Crippen molar-refractivity contribution in [3.63, 3.8) is 0 Å². The van der Waals surface area contributed by atoms with Crippen LogP contribution in [0.2, 0.25) is 0 Å². The average Bonchev–Trinajstić information content (AvgIpc) is 2.54. The molecule has 0 aromatic heterocycles. The number of aliphatic hydroxyl groups is 1. The second-order valence-corrected chi connectivity index (χ2v) is 6.62. The molecule has 0 radical (unpaired) electrons. The number of nitrogens with two attached hydrogens (primary N) is 1. The van der Waals surface area contributed by atoms with Gasteiger partial charge in [-0.25, -0.2) is 0 Å². The van der Waals surface area contributed by atoms with Gasteiger partial charge in [0.15, 0.2) is 0 Å². The van der Waals surface area contributed by atoms with Crippen molar-refractivity contribution in [2.75, 3.05) is 6.54 Å². The average molecular weight is 312 g/mol. The summed E-state index contributed by atoms with van der Waals surface area (Å²) in [7, 11) is 0. The van der Waals surface area contributed by atoms with Crippen LogP contribution in [0, 0.1) is 0 Å². The lowest BCUT2D eigenvalue weighted by Gasteiger charge is -2.06. The molecule has 0 bridgehead atoms. The van der Waals surface area contributed by atoms with E-state index in [0.717, 1.165) is 12.8 Å². The van der Waals surface area contributed by atoms with Crippen LogP contribution in [0.25, 0.3) is 0 Å². The van der Waals surface area contributed by atoms with E-state index >= 15 is 0 Å². The van der Waals surface area contributed by atoms with E-state index in [1.165, 1.54) is 83.5 Å². The van der Waals surface area contributed by atoms with Crippen LogP contribution in [0.5, 0.6) is 0 Å². The van der Waals surface area contributed by atoms with Gasteiger partial charge in [-0.2, -0.15) is 0 Å². The minimum Gasteiger partial charge on any atom is -0.392 e. The van der Waals surface area contributed by atoms with Gasteiger partial charge in [-0.3, -0.25) is 0 Å². The maximum absolute atomic E-state index is 9.34. The van der Waals surface area contributed by atoms with Crippen LogP contribution in [0.15, 0.2) is 12.2 Å². The molecule has 3 N–H and O–H groups in total. The Labute approximate surface area is 139 Å². The molecule has 0 rings (SSSR count). The molecule has 0 heterocycles.